The Morgan fingerprint density at radius 3 is 2.40 bits per heavy atom. The van der Waals surface area contributed by atoms with Gasteiger partial charge in [-0.05, 0) is 57.2 Å². The van der Waals surface area contributed by atoms with E-state index in [0.717, 1.165) is 15.8 Å². The van der Waals surface area contributed by atoms with Crippen molar-refractivity contribution < 1.29 is 14.3 Å². The number of amides is 1. The van der Waals surface area contributed by atoms with E-state index in [2.05, 4.69) is 29.8 Å². The van der Waals surface area contributed by atoms with Crippen molar-refractivity contribution in [2.75, 3.05) is 20.8 Å². The smallest absolute Gasteiger partial charge is 0.260 e. The van der Waals surface area contributed by atoms with E-state index in [9.17, 15) is 4.79 Å². The SMILES string of the molecule is COc1ccc(CN(C)C(=O)COc2ccc(C(C)C)cc2Br)cc1. The third-order valence-corrected chi connectivity index (χ3v) is 4.60. The maximum atomic E-state index is 12.3. The Labute approximate surface area is 157 Å². The predicted octanol–water partition coefficient (Wildman–Crippen LogP) is 4.62. The van der Waals surface area contributed by atoms with E-state index >= 15 is 0 Å². The van der Waals surface area contributed by atoms with Crippen LogP contribution in [-0.4, -0.2) is 31.6 Å². The highest BCUT2D eigenvalue weighted by Gasteiger charge is 2.12. The van der Waals surface area contributed by atoms with Gasteiger partial charge in [0.2, 0.25) is 0 Å². The Bertz CT molecular complexity index is 713. The third-order valence-electron chi connectivity index (χ3n) is 3.98. The van der Waals surface area contributed by atoms with Crippen molar-refractivity contribution in [1.29, 1.82) is 0 Å². The molecule has 0 aromatic heterocycles. The summed E-state index contributed by atoms with van der Waals surface area (Å²) in [6.45, 7) is 4.81. The van der Waals surface area contributed by atoms with Crippen molar-refractivity contribution in [2.24, 2.45) is 0 Å². The van der Waals surface area contributed by atoms with Crippen molar-refractivity contribution in [3.05, 3.63) is 58.1 Å². The number of methoxy groups -OCH3 is 1. The van der Waals surface area contributed by atoms with Gasteiger partial charge < -0.3 is 14.4 Å². The molecule has 0 bridgehead atoms. The standard InChI is InChI=1S/C20H24BrNO3/c1-14(2)16-7-10-19(18(21)11-16)25-13-20(23)22(3)12-15-5-8-17(24-4)9-6-15/h5-11,14H,12-13H2,1-4H3. The molecule has 0 N–H and O–H groups in total. The van der Waals surface area contributed by atoms with Crippen molar-refractivity contribution in [2.45, 2.75) is 26.3 Å². The molecule has 0 heterocycles. The maximum absolute atomic E-state index is 12.3. The number of ether oxygens (including phenoxy) is 2. The minimum atomic E-state index is -0.0735. The van der Waals surface area contributed by atoms with Crippen LogP contribution >= 0.6 is 15.9 Å². The fourth-order valence-electron chi connectivity index (χ4n) is 2.34. The van der Waals surface area contributed by atoms with Crippen LogP contribution in [-0.2, 0) is 11.3 Å². The van der Waals surface area contributed by atoms with Crippen LogP contribution in [0.2, 0.25) is 0 Å². The Hall–Kier alpha value is -2.01. The summed E-state index contributed by atoms with van der Waals surface area (Å²) in [6.07, 6.45) is 0. The maximum Gasteiger partial charge on any atom is 0.260 e. The first-order chi connectivity index (χ1) is 11.9. The van der Waals surface area contributed by atoms with E-state index < -0.39 is 0 Å². The minimum Gasteiger partial charge on any atom is -0.497 e. The summed E-state index contributed by atoms with van der Waals surface area (Å²) < 4.78 is 11.7. The zero-order valence-corrected chi connectivity index (χ0v) is 16.7. The molecule has 0 unspecified atom stereocenters. The number of hydrogen-bond acceptors (Lipinski definition) is 3. The lowest BCUT2D eigenvalue weighted by molar-refractivity contribution is -0.132. The molecular formula is C20H24BrNO3. The number of hydrogen-bond donors (Lipinski definition) is 0. The number of halogens is 1. The fraction of sp³-hybridized carbons (Fsp3) is 0.350. The topological polar surface area (TPSA) is 38.8 Å². The predicted molar refractivity (Wildman–Crippen MR) is 103 cm³/mol. The summed E-state index contributed by atoms with van der Waals surface area (Å²) >= 11 is 3.51. The molecule has 0 saturated carbocycles. The molecular weight excluding hydrogens is 382 g/mol. The Morgan fingerprint density at radius 1 is 1.16 bits per heavy atom. The van der Waals surface area contributed by atoms with Gasteiger partial charge in [-0.2, -0.15) is 0 Å². The van der Waals surface area contributed by atoms with Crippen LogP contribution in [0.15, 0.2) is 46.9 Å². The number of rotatable bonds is 7. The number of carbonyl (C=O) groups is 1. The van der Waals surface area contributed by atoms with E-state index in [0.29, 0.717) is 18.2 Å². The minimum absolute atomic E-state index is 0.00623. The third kappa shape index (κ3) is 5.49. The van der Waals surface area contributed by atoms with Gasteiger partial charge in [-0.3, -0.25) is 4.79 Å². The Kier molecular flexibility index (Phi) is 6.88. The average Bonchev–Trinajstić information content (AvgIpc) is 2.60. The van der Waals surface area contributed by atoms with Gasteiger partial charge in [0.05, 0.1) is 11.6 Å². The summed E-state index contributed by atoms with van der Waals surface area (Å²) in [5, 5.41) is 0. The number of carbonyl (C=O) groups excluding carboxylic acids is 1. The molecule has 2 aromatic rings. The first kappa shape index (κ1) is 19.3. The lowest BCUT2D eigenvalue weighted by atomic mass is 10.0. The van der Waals surface area contributed by atoms with Gasteiger partial charge in [-0.15, -0.1) is 0 Å². The van der Waals surface area contributed by atoms with Crippen LogP contribution in [0.4, 0.5) is 0 Å². The van der Waals surface area contributed by atoms with Gasteiger partial charge in [0.15, 0.2) is 6.61 Å². The molecule has 0 atom stereocenters. The Morgan fingerprint density at radius 2 is 1.84 bits per heavy atom. The number of nitrogens with zero attached hydrogens (tertiary/aromatic N) is 1. The molecule has 2 rings (SSSR count). The molecule has 4 nitrogen and oxygen atoms in total. The lowest BCUT2D eigenvalue weighted by Gasteiger charge is -2.18. The van der Waals surface area contributed by atoms with Gasteiger partial charge in [0.25, 0.3) is 5.91 Å². The first-order valence-electron chi connectivity index (χ1n) is 8.20. The monoisotopic (exact) mass is 405 g/mol. The molecule has 134 valence electrons. The molecule has 0 saturated heterocycles. The summed E-state index contributed by atoms with van der Waals surface area (Å²) in [5.74, 6) is 1.85. The highest BCUT2D eigenvalue weighted by molar-refractivity contribution is 9.10. The largest absolute Gasteiger partial charge is 0.497 e. The normalized spacial score (nSPS) is 10.6. The van der Waals surface area contributed by atoms with Crippen molar-refractivity contribution >= 4 is 21.8 Å². The molecule has 0 radical (unpaired) electrons. The molecule has 0 aliphatic rings. The summed E-state index contributed by atoms with van der Waals surface area (Å²) in [7, 11) is 3.40. The van der Waals surface area contributed by atoms with Gasteiger partial charge >= 0.3 is 0 Å². The second kappa shape index (κ2) is 8.90. The van der Waals surface area contributed by atoms with E-state index in [1.54, 1.807) is 19.1 Å². The van der Waals surface area contributed by atoms with Crippen molar-refractivity contribution in [1.82, 2.24) is 4.90 Å². The molecule has 25 heavy (non-hydrogen) atoms. The molecule has 0 aliphatic carbocycles. The van der Waals surface area contributed by atoms with E-state index in [-0.39, 0.29) is 12.5 Å². The van der Waals surface area contributed by atoms with Crippen molar-refractivity contribution in [3.63, 3.8) is 0 Å². The molecule has 0 spiro atoms. The molecule has 2 aromatic carbocycles. The van der Waals surface area contributed by atoms with Gasteiger partial charge in [0.1, 0.15) is 11.5 Å². The number of benzene rings is 2. The zero-order valence-electron chi connectivity index (χ0n) is 15.1. The van der Waals surface area contributed by atoms with E-state index in [1.165, 1.54) is 5.56 Å². The summed E-state index contributed by atoms with van der Waals surface area (Å²) in [4.78, 5) is 13.9. The summed E-state index contributed by atoms with van der Waals surface area (Å²) in [6, 6.07) is 13.6. The van der Waals surface area contributed by atoms with Crippen LogP contribution in [0.5, 0.6) is 11.5 Å². The molecule has 0 fully saturated rings. The fourth-order valence-corrected chi connectivity index (χ4v) is 2.85. The zero-order chi connectivity index (χ0) is 18.4. The van der Waals surface area contributed by atoms with Crippen LogP contribution < -0.4 is 9.47 Å². The van der Waals surface area contributed by atoms with Gasteiger partial charge in [-0.1, -0.05) is 32.0 Å². The highest BCUT2D eigenvalue weighted by atomic mass is 79.9. The molecule has 0 aliphatic heterocycles. The summed E-state index contributed by atoms with van der Waals surface area (Å²) in [5.41, 5.74) is 2.27. The second-order valence-corrected chi connectivity index (χ2v) is 7.09. The van der Waals surface area contributed by atoms with E-state index in [4.69, 9.17) is 9.47 Å². The highest BCUT2D eigenvalue weighted by Crippen LogP contribution is 2.28. The van der Waals surface area contributed by atoms with Crippen molar-refractivity contribution in [3.8, 4) is 11.5 Å². The second-order valence-electron chi connectivity index (χ2n) is 6.23. The lowest BCUT2D eigenvalue weighted by Crippen LogP contribution is -2.31. The molecule has 1 amide bonds. The Balaban J connectivity index is 1.90. The van der Waals surface area contributed by atoms with Gasteiger partial charge in [0, 0.05) is 13.6 Å². The van der Waals surface area contributed by atoms with Crippen LogP contribution in [0.1, 0.15) is 30.9 Å². The quantitative estimate of drug-likeness (QED) is 0.674. The van der Waals surface area contributed by atoms with Gasteiger partial charge in [-0.25, -0.2) is 0 Å². The molecule has 5 heteroatoms. The van der Waals surface area contributed by atoms with Crippen LogP contribution in [0.25, 0.3) is 0 Å². The first-order valence-corrected chi connectivity index (χ1v) is 8.99. The number of likely N-dealkylation sites (N-methyl/N-ethyl adjacent to an activating group) is 1. The van der Waals surface area contributed by atoms with Crippen LogP contribution in [0, 0.1) is 0 Å². The average molecular weight is 406 g/mol. The van der Waals surface area contributed by atoms with E-state index in [1.807, 2.05) is 42.5 Å². The van der Waals surface area contributed by atoms with Crippen LogP contribution in [0.3, 0.4) is 0 Å².